The molecule has 0 aliphatic carbocycles. The molecule has 1 saturated heterocycles. The van der Waals surface area contributed by atoms with Crippen LogP contribution in [0.2, 0.25) is 0 Å². The fraction of sp³-hybridized carbons (Fsp3) is 0.692. The highest BCUT2D eigenvalue weighted by Gasteiger charge is 2.12. The van der Waals surface area contributed by atoms with Crippen LogP contribution < -0.4 is 10.1 Å². The molecule has 0 aromatic carbocycles. The van der Waals surface area contributed by atoms with Crippen LogP contribution in [0.4, 0.5) is 0 Å². The molecule has 2 heterocycles. The van der Waals surface area contributed by atoms with Crippen molar-refractivity contribution in [3.8, 4) is 6.01 Å². The summed E-state index contributed by atoms with van der Waals surface area (Å²) in [5.41, 5.74) is 0.952. The lowest BCUT2D eigenvalue weighted by Gasteiger charge is -2.22. The summed E-state index contributed by atoms with van der Waals surface area (Å²) in [6.07, 6.45) is 6.71. The molecule has 0 unspecified atom stereocenters. The van der Waals surface area contributed by atoms with E-state index in [-0.39, 0.29) is 12.4 Å². The molecule has 0 radical (unpaired) electrons. The summed E-state index contributed by atoms with van der Waals surface area (Å²) >= 11 is 0. The first-order valence-electron chi connectivity index (χ1n) is 6.48. The zero-order chi connectivity index (χ0) is 11.9. The van der Waals surface area contributed by atoms with Crippen LogP contribution in [-0.4, -0.2) is 29.7 Å². The number of rotatable bonds is 5. The van der Waals surface area contributed by atoms with Crippen molar-refractivity contribution in [3.05, 3.63) is 18.0 Å². The average molecular weight is 272 g/mol. The number of nitrogens with zero attached hydrogens (tertiary/aromatic N) is 2. The molecule has 4 nitrogen and oxygen atoms in total. The van der Waals surface area contributed by atoms with Crippen LogP contribution in [0.3, 0.4) is 0 Å². The van der Waals surface area contributed by atoms with Crippen molar-refractivity contribution in [3.63, 3.8) is 0 Å². The molecule has 2 rings (SSSR count). The van der Waals surface area contributed by atoms with Gasteiger partial charge in [-0.15, -0.1) is 12.4 Å². The quantitative estimate of drug-likeness (QED) is 0.836. The minimum absolute atomic E-state index is 0. The van der Waals surface area contributed by atoms with Crippen molar-refractivity contribution in [1.82, 2.24) is 15.3 Å². The van der Waals surface area contributed by atoms with E-state index >= 15 is 0 Å². The summed E-state index contributed by atoms with van der Waals surface area (Å²) in [6, 6.07) is 2.39. The molecule has 1 fully saturated rings. The Kier molecular flexibility index (Phi) is 6.98. The fourth-order valence-corrected chi connectivity index (χ4v) is 2.20. The predicted molar refractivity (Wildman–Crippen MR) is 74.3 cm³/mol. The molecule has 18 heavy (non-hydrogen) atoms. The van der Waals surface area contributed by atoms with Gasteiger partial charge in [-0.05, 0) is 57.7 Å². The largest absolute Gasteiger partial charge is 0.463 e. The Morgan fingerprint density at radius 3 is 2.89 bits per heavy atom. The lowest BCUT2D eigenvalue weighted by molar-refractivity contribution is 0.258. The molecule has 0 bridgehead atoms. The van der Waals surface area contributed by atoms with E-state index in [2.05, 4.69) is 15.3 Å². The molecule has 5 heteroatoms. The van der Waals surface area contributed by atoms with Crippen molar-refractivity contribution in [1.29, 1.82) is 0 Å². The fourth-order valence-electron chi connectivity index (χ4n) is 2.20. The summed E-state index contributed by atoms with van der Waals surface area (Å²) < 4.78 is 5.54. The van der Waals surface area contributed by atoms with Crippen molar-refractivity contribution in [2.45, 2.75) is 32.6 Å². The molecule has 1 aliphatic heterocycles. The second-order valence-corrected chi connectivity index (χ2v) is 4.66. The van der Waals surface area contributed by atoms with Gasteiger partial charge >= 0.3 is 6.01 Å². The first-order valence-corrected chi connectivity index (χ1v) is 6.48. The maximum Gasteiger partial charge on any atom is 0.316 e. The van der Waals surface area contributed by atoms with Gasteiger partial charge in [-0.3, -0.25) is 0 Å². The lowest BCUT2D eigenvalue weighted by atomic mass is 9.93. The number of piperidine rings is 1. The summed E-state index contributed by atoms with van der Waals surface area (Å²) in [5, 5.41) is 3.39. The molecule has 0 amide bonds. The van der Waals surface area contributed by atoms with Gasteiger partial charge in [-0.1, -0.05) is 0 Å². The summed E-state index contributed by atoms with van der Waals surface area (Å²) in [5.74, 6) is 0.873. The SMILES string of the molecule is Cc1ccnc(OCCCC2CCNCC2)n1.Cl. The Balaban J connectivity index is 0.00000162. The van der Waals surface area contributed by atoms with Gasteiger partial charge in [0.15, 0.2) is 0 Å². The number of aryl methyl sites for hydroxylation is 1. The van der Waals surface area contributed by atoms with Gasteiger partial charge in [-0.25, -0.2) is 9.97 Å². The van der Waals surface area contributed by atoms with Gasteiger partial charge in [0.1, 0.15) is 0 Å². The van der Waals surface area contributed by atoms with Crippen molar-refractivity contribution < 1.29 is 4.74 Å². The Hall–Kier alpha value is -0.870. The normalized spacial score (nSPS) is 16.1. The first kappa shape index (κ1) is 15.2. The third-order valence-electron chi connectivity index (χ3n) is 3.22. The van der Waals surface area contributed by atoms with E-state index < -0.39 is 0 Å². The maximum absolute atomic E-state index is 5.54. The Morgan fingerprint density at radius 1 is 1.39 bits per heavy atom. The molecule has 1 N–H and O–H groups in total. The van der Waals surface area contributed by atoms with Crippen molar-refractivity contribution in [2.24, 2.45) is 5.92 Å². The van der Waals surface area contributed by atoms with Crippen LogP contribution in [0.15, 0.2) is 12.3 Å². The second kappa shape index (κ2) is 8.27. The van der Waals surface area contributed by atoms with Gasteiger partial charge in [0, 0.05) is 11.9 Å². The van der Waals surface area contributed by atoms with E-state index in [1.165, 1.54) is 32.4 Å². The first-order chi connectivity index (χ1) is 8.34. The third kappa shape index (κ3) is 5.19. The molecule has 102 valence electrons. The maximum atomic E-state index is 5.54. The number of hydrogen-bond acceptors (Lipinski definition) is 4. The highest BCUT2D eigenvalue weighted by Crippen LogP contribution is 2.17. The molecule has 1 aromatic heterocycles. The van der Waals surface area contributed by atoms with Crippen LogP contribution in [0.1, 0.15) is 31.4 Å². The van der Waals surface area contributed by atoms with E-state index in [9.17, 15) is 0 Å². The highest BCUT2D eigenvalue weighted by molar-refractivity contribution is 5.85. The monoisotopic (exact) mass is 271 g/mol. The highest BCUT2D eigenvalue weighted by atomic mass is 35.5. The minimum Gasteiger partial charge on any atom is -0.463 e. The zero-order valence-electron chi connectivity index (χ0n) is 10.9. The Bertz CT molecular complexity index is 343. The molecular weight excluding hydrogens is 250 g/mol. The van der Waals surface area contributed by atoms with Crippen LogP contribution in [0.25, 0.3) is 0 Å². The molecule has 1 aromatic rings. The third-order valence-corrected chi connectivity index (χ3v) is 3.22. The van der Waals surface area contributed by atoms with E-state index in [4.69, 9.17) is 4.74 Å². The van der Waals surface area contributed by atoms with E-state index in [0.29, 0.717) is 6.01 Å². The van der Waals surface area contributed by atoms with E-state index in [1.807, 2.05) is 13.0 Å². The van der Waals surface area contributed by atoms with Crippen molar-refractivity contribution >= 4 is 12.4 Å². The van der Waals surface area contributed by atoms with Gasteiger partial charge in [0.05, 0.1) is 6.61 Å². The Morgan fingerprint density at radius 2 is 2.17 bits per heavy atom. The van der Waals surface area contributed by atoms with Gasteiger partial charge < -0.3 is 10.1 Å². The smallest absolute Gasteiger partial charge is 0.316 e. The number of aromatic nitrogens is 2. The standard InChI is InChI=1S/C13H21N3O.ClH/c1-11-4-9-15-13(16-11)17-10-2-3-12-5-7-14-8-6-12;/h4,9,12,14H,2-3,5-8,10H2,1H3;1H. The molecule has 0 spiro atoms. The number of hydrogen-bond donors (Lipinski definition) is 1. The van der Waals surface area contributed by atoms with E-state index in [1.54, 1.807) is 6.20 Å². The van der Waals surface area contributed by atoms with Crippen LogP contribution in [0, 0.1) is 12.8 Å². The van der Waals surface area contributed by atoms with Gasteiger partial charge in [0.25, 0.3) is 0 Å². The van der Waals surface area contributed by atoms with Crippen LogP contribution in [0.5, 0.6) is 6.01 Å². The van der Waals surface area contributed by atoms with Crippen molar-refractivity contribution in [2.75, 3.05) is 19.7 Å². The zero-order valence-corrected chi connectivity index (χ0v) is 11.7. The number of ether oxygens (including phenoxy) is 1. The van der Waals surface area contributed by atoms with Crippen LogP contribution >= 0.6 is 12.4 Å². The molecular formula is C13H22ClN3O. The van der Waals surface area contributed by atoms with E-state index in [0.717, 1.165) is 24.6 Å². The predicted octanol–water partition coefficient (Wildman–Crippen LogP) is 2.37. The molecule has 0 saturated carbocycles. The topological polar surface area (TPSA) is 47.0 Å². The summed E-state index contributed by atoms with van der Waals surface area (Å²) in [6.45, 7) is 5.02. The number of nitrogens with one attached hydrogen (secondary N) is 1. The van der Waals surface area contributed by atoms with Gasteiger partial charge in [-0.2, -0.15) is 0 Å². The molecule has 0 atom stereocenters. The summed E-state index contributed by atoms with van der Waals surface area (Å²) in [7, 11) is 0. The second-order valence-electron chi connectivity index (χ2n) is 4.66. The molecule has 1 aliphatic rings. The average Bonchev–Trinajstić information content (AvgIpc) is 2.36. The minimum atomic E-state index is 0. The van der Waals surface area contributed by atoms with Gasteiger partial charge in [0.2, 0.25) is 0 Å². The lowest BCUT2D eigenvalue weighted by Crippen LogP contribution is -2.27. The number of halogens is 1. The summed E-state index contributed by atoms with van der Waals surface area (Å²) in [4.78, 5) is 8.29. The Labute approximate surface area is 115 Å². The van der Waals surface area contributed by atoms with Crippen LogP contribution in [-0.2, 0) is 0 Å².